The highest BCUT2D eigenvalue weighted by atomic mass is 32.1. The summed E-state index contributed by atoms with van der Waals surface area (Å²) in [5.74, 6) is -0.0767. The molecular formula is C19H20N4OS. The third-order valence-electron chi connectivity index (χ3n) is 4.59. The van der Waals surface area contributed by atoms with E-state index in [1.54, 1.807) is 11.3 Å². The molecule has 0 bridgehead atoms. The molecule has 2 N–H and O–H groups in total. The van der Waals surface area contributed by atoms with Crippen molar-refractivity contribution in [2.24, 2.45) is 0 Å². The van der Waals surface area contributed by atoms with Crippen LogP contribution in [0.25, 0.3) is 11.3 Å². The van der Waals surface area contributed by atoms with Crippen LogP contribution in [-0.4, -0.2) is 35.2 Å². The Morgan fingerprint density at radius 2 is 2.00 bits per heavy atom. The summed E-state index contributed by atoms with van der Waals surface area (Å²) in [5, 5.41) is 14.2. The molecule has 1 aromatic carbocycles. The molecule has 0 saturated carbocycles. The highest BCUT2D eigenvalue weighted by Crippen LogP contribution is 2.21. The highest BCUT2D eigenvalue weighted by molar-refractivity contribution is 7.08. The second kappa shape index (κ2) is 7.11. The molecule has 25 heavy (non-hydrogen) atoms. The molecule has 2 aromatic heterocycles. The minimum atomic E-state index is -0.0767. The number of carbonyl (C=O) groups excluding carboxylic acids is 1. The summed E-state index contributed by atoms with van der Waals surface area (Å²) in [5.41, 5.74) is 3.62. The van der Waals surface area contributed by atoms with Crippen LogP contribution in [-0.2, 0) is 0 Å². The minimum absolute atomic E-state index is 0.0767. The summed E-state index contributed by atoms with van der Waals surface area (Å²) in [7, 11) is 0. The van der Waals surface area contributed by atoms with Crippen LogP contribution in [0.2, 0.25) is 0 Å². The Hall–Kier alpha value is -2.60. The van der Waals surface area contributed by atoms with E-state index >= 15 is 0 Å². The average Bonchev–Trinajstić information content (AvgIpc) is 3.35. The van der Waals surface area contributed by atoms with Crippen LogP contribution in [0.3, 0.4) is 0 Å². The first-order chi connectivity index (χ1) is 12.3. The molecule has 0 aliphatic carbocycles. The van der Waals surface area contributed by atoms with Crippen LogP contribution in [0.5, 0.6) is 0 Å². The lowest BCUT2D eigenvalue weighted by molar-refractivity contribution is 0.0926. The van der Waals surface area contributed by atoms with E-state index in [9.17, 15) is 4.79 Å². The van der Waals surface area contributed by atoms with Crippen LogP contribution >= 0.6 is 11.3 Å². The molecule has 0 spiro atoms. The van der Waals surface area contributed by atoms with Gasteiger partial charge in [-0.05, 0) is 42.5 Å². The lowest BCUT2D eigenvalue weighted by Gasteiger charge is -2.33. The molecule has 0 unspecified atom stereocenters. The first-order valence-electron chi connectivity index (χ1n) is 8.48. The van der Waals surface area contributed by atoms with Crippen molar-refractivity contribution in [2.45, 2.75) is 18.9 Å². The summed E-state index contributed by atoms with van der Waals surface area (Å²) in [6, 6.07) is 14.5. The summed E-state index contributed by atoms with van der Waals surface area (Å²) < 4.78 is 0. The largest absolute Gasteiger partial charge is 0.371 e. The van der Waals surface area contributed by atoms with Crippen molar-refractivity contribution in [1.82, 2.24) is 15.5 Å². The predicted octanol–water partition coefficient (Wildman–Crippen LogP) is 3.54. The zero-order chi connectivity index (χ0) is 17.1. The quantitative estimate of drug-likeness (QED) is 0.755. The fourth-order valence-corrected chi connectivity index (χ4v) is 3.83. The Morgan fingerprint density at radius 1 is 1.20 bits per heavy atom. The van der Waals surface area contributed by atoms with Crippen LogP contribution in [0.4, 0.5) is 5.69 Å². The number of aromatic amines is 1. The number of benzene rings is 1. The van der Waals surface area contributed by atoms with Gasteiger partial charge < -0.3 is 10.2 Å². The zero-order valence-corrected chi connectivity index (χ0v) is 14.6. The minimum Gasteiger partial charge on any atom is -0.371 e. The molecule has 0 radical (unpaired) electrons. The Kier molecular flexibility index (Phi) is 4.52. The predicted molar refractivity (Wildman–Crippen MR) is 101 cm³/mol. The van der Waals surface area contributed by atoms with Crippen LogP contribution < -0.4 is 10.2 Å². The van der Waals surface area contributed by atoms with E-state index < -0.39 is 0 Å². The van der Waals surface area contributed by atoms with Crippen LogP contribution in [0.15, 0.2) is 53.2 Å². The molecule has 1 saturated heterocycles. The van der Waals surface area contributed by atoms with E-state index in [1.165, 1.54) is 5.69 Å². The second-order valence-corrected chi connectivity index (χ2v) is 7.03. The molecule has 1 fully saturated rings. The first-order valence-corrected chi connectivity index (χ1v) is 9.43. The number of aromatic nitrogens is 2. The number of thiophene rings is 1. The van der Waals surface area contributed by atoms with Crippen molar-refractivity contribution in [1.29, 1.82) is 0 Å². The molecule has 6 heteroatoms. The fourth-order valence-electron chi connectivity index (χ4n) is 3.18. The van der Waals surface area contributed by atoms with Crippen molar-refractivity contribution < 1.29 is 4.79 Å². The number of nitrogens with one attached hydrogen (secondary N) is 2. The second-order valence-electron chi connectivity index (χ2n) is 6.25. The molecule has 128 valence electrons. The molecule has 0 atom stereocenters. The van der Waals surface area contributed by atoms with Crippen LogP contribution in [0.1, 0.15) is 23.3 Å². The van der Waals surface area contributed by atoms with Gasteiger partial charge in [-0.3, -0.25) is 9.89 Å². The van der Waals surface area contributed by atoms with Gasteiger partial charge in [-0.1, -0.05) is 18.2 Å². The molecule has 5 nitrogen and oxygen atoms in total. The van der Waals surface area contributed by atoms with Crippen molar-refractivity contribution >= 4 is 22.9 Å². The van der Waals surface area contributed by atoms with E-state index in [-0.39, 0.29) is 11.9 Å². The number of rotatable bonds is 4. The monoisotopic (exact) mass is 352 g/mol. The fraction of sp³-hybridized carbons (Fsp3) is 0.263. The topological polar surface area (TPSA) is 61.0 Å². The Labute approximate surface area is 150 Å². The number of amides is 1. The average molecular weight is 352 g/mol. The van der Waals surface area contributed by atoms with Gasteiger partial charge in [0.05, 0.1) is 5.69 Å². The maximum atomic E-state index is 12.5. The zero-order valence-electron chi connectivity index (χ0n) is 13.8. The van der Waals surface area contributed by atoms with Gasteiger partial charge in [0.15, 0.2) is 0 Å². The van der Waals surface area contributed by atoms with Gasteiger partial charge in [-0.2, -0.15) is 16.4 Å². The number of nitrogens with zero attached hydrogens (tertiary/aromatic N) is 2. The number of para-hydroxylation sites is 1. The van der Waals surface area contributed by atoms with Gasteiger partial charge in [0, 0.05) is 35.8 Å². The van der Waals surface area contributed by atoms with Crippen LogP contribution in [0, 0.1) is 0 Å². The van der Waals surface area contributed by atoms with Gasteiger partial charge >= 0.3 is 0 Å². The van der Waals surface area contributed by atoms with Crippen molar-refractivity contribution in [3.8, 4) is 11.3 Å². The SMILES string of the molecule is O=C(NC1CCN(c2ccccc2)CC1)c1cc(-c2ccsc2)n[nH]1. The number of hydrogen-bond acceptors (Lipinski definition) is 4. The third kappa shape index (κ3) is 3.58. The lowest BCUT2D eigenvalue weighted by atomic mass is 10.0. The number of anilines is 1. The molecule has 4 rings (SSSR count). The molecule has 1 aliphatic rings. The Bertz CT molecular complexity index is 820. The molecule has 3 aromatic rings. The molecule has 1 aliphatic heterocycles. The number of hydrogen-bond donors (Lipinski definition) is 2. The number of carbonyl (C=O) groups is 1. The standard InChI is InChI=1S/C19H20N4OS/c24-19(18-12-17(21-22-18)14-8-11-25-13-14)20-15-6-9-23(10-7-15)16-4-2-1-3-5-16/h1-5,8,11-13,15H,6-7,9-10H2,(H,20,24)(H,21,22). The van der Waals surface area contributed by atoms with E-state index in [4.69, 9.17) is 0 Å². The maximum absolute atomic E-state index is 12.5. The van der Waals surface area contributed by atoms with E-state index in [2.05, 4.69) is 44.7 Å². The van der Waals surface area contributed by atoms with Gasteiger partial charge in [0.2, 0.25) is 0 Å². The highest BCUT2D eigenvalue weighted by Gasteiger charge is 2.22. The maximum Gasteiger partial charge on any atom is 0.269 e. The summed E-state index contributed by atoms with van der Waals surface area (Å²) in [6.45, 7) is 1.91. The summed E-state index contributed by atoms with van der Waals surface area (Å²) in [4.78, 5) is 14.8. The lowest BCUT2D eigenvalue weighted by Crippen LogP contribution is -2.44. The van der Waals surface area contributed by atoms with Gasteiger partial charge in [-0.25, -0.2) is 0 Å². The first kappa shape index (κ1) is 15.9. The van der Waals surface area contributed by atoms with Gasteiger partial charge in [-0.15, -0.1) is 0 Å². The summed E-state index contributed by atoms with van der Waals surface area (Å²) >= 11 is 1.62. The van der Waals surface area contributed by atoms with Crippen molar-refractivity contribution in [3.05, 3.63) is 58.9 Å². The Balaban J connectivity index is 1.33. The number of piperidine rings is 1. The van der Waals surface area contributed by atoms with E-state index in [0.29, 0.717) is 5.69 Å². The normalized spacial score (nSPS) is 15.3. The number of H-pyrrole nitrogens is 1. The smallest absolute Gasteiger partial charge is 0.269 e. The molecular weight excluding hydrogens is 332 g/mol. The van der Waals surface area contributed by atoms with Gasteiger partial charge in [0.25, 0.3) is 5.91 Å². The third-order valence-corrected chi connectivity index (χ3v) is 5.27. The van der Waals surface area contributed by atoms with E-state index in [0.717, 1.165) is 37.2 Å². The van der Waals surface area contributed by atoms with E-state index in [1.807, 2.05) is 29.0 Å². The van der Waals surface area contributed by atoms with Crippen molar-refractivity contribution in [2.75, 3.05) is 18.0 Å². The van der Waals surface area contributed by atoms with Crippen molar-refractivity contribution in [3.63, 3.8) is 0 Å². The summed E-state index contributed by atoms with van der Waals surface area (Å²) in [6.07, 6.45) is 1.90. The molecule has 3 heterocycles. The Morgan fingerprint density at radius 3 is 2.72 bits per heavy atom. The van der Waals surface area contributed by atoms with Gasteiger partial charge in [0.1, 0.15) is 5.69 Å². The molecule has 1 amide bonds.